The number of aromatic nitrogens is 3. The monoisotopic (exact) mass is 825 g/mol. The lowest BCUT2D eigenvalue weighted by Crippen LogP contribution is -2.29. The molecule has 0 aliphatic carbocycles. The first kappa shape index (κ1) is 43.0. The van der Waals surface area contributed by atoms with Gasteiger partial charge in [0.1, 0.15) is 35.6 Å². The minimum absolute atomic E-state index is 0.0823. The second kappa shape index (κ2) is 19.0. The summed E-state index contributed by atoms with van der Waals surface area (Å²) in [6.45, 7) is 13.5. The topological polar surface area (TPSA) is 144 Å². The number of halogens is 1. The Morgan fingerprint density at radius 1 is 0.949 bits per heavy atom. The maximum atomic E-state index is 13.6. The van der Waals surface area contributed by atoms with Gasteiger partial charge in [0.25, 0.3) is 5.56 Å². The van der Waals surface area contributed by atoms with Crippen molar-refractivity contribution in [2.75, 3.05) is 32.2 Å². The van der Waals surface area contributed by atoms with Gasteiger partial charge in [-0.1, -0.05) is 68.3 Å². The van der Waals surface area contributed by atoms with Gasteiger partial charge in [-0.05, 0) is 81.0 Å². The highest BCUT2D eigenvalue weighted by Gasteiger charge is 2.23. The zero-order valence-corrected chi connectivity index (χ0v) is 35.4. The number of benzene rings is 3. The normalized spacial score (nSPS) is 14.1. The van der Waals surface area contributed by atoms with Crippen LogP contribution in [0.15, 0.2) is 77.6 Å². The minimum Gasteiger partial charge on any atom is -0.491 e. The molecule has 59 heavy (non-hydrogen) atoms. The molecule has 1 aliphatic heterocycles. The molecule has 0 radical (unpaired) electrons. The number of nitrogens with zero attached hydrogens (tertiary/aromatic N) is 3. The highest BCUT2D eigenvalue weighted by molar-refractivity contribution is 6.31. The summed E-state index contributed by atoms with van der Waals surface area (Å²) in [7, 11) is 1.30. The van der Waals surface area contributed by atoms with Crippen LogP contribution in [0.4, 0.5) is 10.6 Å². The number of esters is 1. The molecule has 14 heteroatoms. The molecule has 2 amide bonds. The zero-order chi connectivity index (χ0) is 42.3. The van der Waals surface area contributed by atoms with Crippen LogP contribution in [-0.2, 0) is 32.8 Å². The summed E-state index contributed by atoms with van der Waals surface area (Å²) < 4.78 is 31.6. The summed E-state index contributed by atoms with van der Waals surface area (Å²) >= 11 is 6.63. The van der Waals surface area contributed by atoms with E-state index in [-0.39, 0.29) is 35.6 Å². The third kappa shape index (κ3) is 10.7. The van der Waals surface area contributed by atoms with Crippen molar-refractivity contribution in [3.05, 3.63) is 127 Å². The van der Waals surface area contributed by atoms with Crippen LogP contribution in [0.3, 0.4) is 0 Å². The lowest BCUT2D eigenvalue weighted by atomic mass is 9.92. The highest BCUT2D eigenvalue weighted by atomic mass is 35.5. The highest BCUT2D eigenvalue weighted by Crippen LogP contribution is 2.29. The molecule has 0 spiro atoms. The van der Waals surface area contributed by atoms with Gasteiger partial charge in [0.15, 0.2) is 6.29 Å². The fourth-order valence-electron chi connectivity index (χ4n) is 6.65. The van der Waals surface area contributed by atoms with Gasteiger partial charge in [0, 0.05) is 42.5 Å². The number of hydrogen-bond donors (Lipinski definition) is 2. The zero-order valence-electron chi connectivity index (χ0n) is 34.6. The smallest absolute Gasteiger partial charge is 0.337 e. The summed E-state index contributed by atoms with van der Waals surface area (Å²) in [6.07, 6.45) is 2.87. The maximum Gasteiger partial charge on any atom is 0.337 e. The van der Waals surface area contributed by atoms with Gasteiger partial charge in [-0.15, -0.1) is 0 Å². The van der Waals surface area contributed by atoms with E-state index in [2.05, 4.69) is 31.4 Å². The van der Waals surface area contributed by atoms with Crippen molar-refractivity contribution in [2.45, 2.75) is 85.7 Å². The van der Waals surface area contributed by atoms with E-state index >= 15 is 0 Å². The Morgan fingerprint density at radius 3 is 2.51 bits per heavy atom. The van der Waals surface area contributed by atoms with Crippen LogP contribution in [0, 0.1) is 20.8 Å². The predicted octanol–water partition coefficient (Wildman–Crippen LogP) is 8.51. The quantitative estimate of drug-likeness (QED) is 0.0832. The predicted molar refractivity (Wildman–Crippen MR) is 227 cm³/mol. The number of anilines is 1. The second-order valence-corrected chi connectivity index (χ2v) is 15.9. The first-order chi connectivity index (χ1) is 28.2. The fraction of sp³-hybridized carbons (Fsp3) is 0.378. The van der Waals surface area contributed by atoms with Crippen LogP contribution in [-0.4, -0.2) is 59.6 Å². The molecule has 3 heterocycles. The molecule has 3 aromatic carbocycles. The van der Waals surface area contributed by atoms with Crippen molar-refractivity contribution in [3.63, 3.8) is 0 Å². The van der Waals surface area contributed by atoms with E-state index in [0.29, 0.717) is 41.7 Å². The molecule has 13 nitrogen and oxygen atoms in total. The van der Waals surface area contributed by atoms with E-state index in [1.54, 1.807) is 35.9 Å². The molecule has 2 N–H and O–H groups in total. The van der Waals surface area contributed by atoms with Gasteiger partial charge in [0.2, 0.25) is 0 Å². The fourth-order valence-corrected chi connectivity index (χ4v) is 6.85. The van der Waals surface area contributed by atoms with Crippen LogP contribution in [0.1, 0.15) is 84.0 Å². The number of pyridine rings is 1. The van der Waals surface area contributed by atoms with Gasteiger partial charge >= 0.3 is 12.0 Å². The van der Waals surface area contributed by atoms with Crippen LogP contribution in [0.5, 0.6) is 11.5 Å². The van der Waals surface area contributed by atoms with E-state index in [1.165, 1.54) is 11.7 Å². The summed E-state index contributed by atoms with van der Waals surface area (Å²) in [6, 6.07) is 21.5. The Bertz CT molecular complexity index is 2360. The number of amides is 2. The van der Waals surface area contributed by atoms with Gasteiger partial charge in [-0.25, -0.2) is 14.3 Å². The molecule has 312 valence electrons. The molecule has 5 aromatic rings. The first-order valence-electron chi connectivity index (χ1n) is 19.7. The van der Waals surface area contributed by atoms with Crippen molar-refractivity contribution >= 4 is 29.4 Å². The lowest BCUT2D eigenvalue weighted by Gasteiger charge is -2.22. The molecule has 0 bridgehead atoms. The molecule has 1 saturated heterocycles. The molecule has 1 aliphatic rings. The number of aryl methyl sites for hydroxylation is 3. The van der Waals surface area contributed by atoms with Crippen molar-refractivity contribution in [2.24, 2.45) is 0 Å². The van der Waals surface area contributed by atoms with Gasteiger partial charge in [-0.2, -0.15) is 5.10 Å². The number of rotatable bonds is 14. The average Bonchev–Trinajstić information content (AvgIpc) is 3.65. The van der Waals surface area contributed by atoms with Crippen molar-refractivity contribution in [1.82, 2.24) is 19.7 Å². The van der Waals surface area contributed by atoms with E-state index < -0.39 is 17.6 Å². The van der Waals surface area contributed by atoms with Crippen LogP contribution in [0.2, 0.25) is 5.02 Å². The largest absolute Gasteiger partial charge is 0.491 e. The van der Waals surface area contributed by atoms with Crippen LogP contribution < -0.4 is 25.7 Å². The molecule has 6 rings (SSSR count). The van der Waals surface area contributed by atoms with Crippen LogP contribution >= 0.6 is 11.6 Å². The van der Waals surface area contributed by atoms with Crippen LogP contribution in [0.25, 0.3) is 11.4 Å². The number of methoxy groups -OCH3 is 1. The first-order valence-corrected chi connectivity index (χ1v) is 20.0. The molecule has 0 saturated carbocycles. The summed E-state index contributed by atoms with van der Waals surface area (Å²) in [5.74, 6) is 0.831. The number of hydrogen-bond acceptors (Lipinski definition) is 9. The molecule has 1 fully saturated rings. The van der Waals surface area contributed by atoms with Gasteiger partial charge in [-0.3, -0.25) is 14.7 Å². The van der Waals surface area contributed by atoms with Crippen molar-refractivity contribution < 1.29 is 33.3 Å². The summed E-state index contributed by atoms with van der Waals surface area (Å²) in [4.78, 5) is 39.4. The SMILES string of the molecule is COC(=O)c1ccc(C)c(-n2c(C)cc(OCc3ccc(C)cc3CNC(=O)Nc3cc(C(C)(C)C)nn3-c3cccc(OCCOC4CCCCO4)c3)c(Cl)c2=O)c1. The molecular weight excluding hydrogens is 774 g/mol. The van der Waals surface area contributed by atoms with E-state index in [0.717, 1.165) is 59.5 Å². The Morgan fingerprint density at radius 2 is 1.76 bits per heavy atom. The Labute approximate surface area is 349 Å². The summed E-state index contributed by atoms with van der Waals surface area (Å²) in [5.41, 5.74) is 5.50. The number of ether oxygens (including phenoxy) is 5. The maximum absolute atomic E-state index is 13.6. The Kier molecular flexibility index (Phi) is 13.8. The lowest BCUT2D eigenvalue weighted by molar-refractivity contribution is -0.165. The number of nitrogens with one attached hydrogen (secondary N) is 2. The number of carbonyl (C=O) groups is 2. The van der Waals surface area contributed by atoms with Gasteiger partial charge < -0.3 is 29.0 Å². The van der Waals surface area contributed by atoms with E-state index in [9.17, 15) is 14.4 Å². The average molecular weight is 826 g/mol. The summed E-state index contributed by atoms with van der Waals surface area (Å²) in [5, 5.41) is 10.7. The van der Waals surface area contributed by atoms with E-state index in [1.807, 2.05) is 62.4 Å². The molecule has 2 aromatic heterocycles. The number of carbonyl (C=O) groups excluding carboxylic acids is 2. The Hall–Kier alpha value is -5.63. The molecule has 1 atom stereocenters. The third-order valence-corrected chi connectivity index (χ3v) is 10.3. The van der Waals surface area contributed by atoms with Gasteiger partial charge in [0.05, 0.1) is 36.3 Å². The van der Waals surface area contributed by atoms with Crippen molar-refractivity contribution in [3.8, 4) is 22.9 Å². The second-order valence-electron chi connectivity index (χ2n) is 15.6. The minimum atomic E-state index is -0.514. The molecule has 1 unspecified atom stereocenters. The van der Waals surface area contributed by atoms with E-state index in [4.69, 9.17) is 40.4 Å². The third-order valence-electron chi connectivity index (χ3n) is 9.93. The molecular formula is C45H52ClN5O8. The van der Waals surface area contributed by atoms with Crippen molar-refractivity contribution in [1.29, 1.82) is 0 Å². The Balaban J connectivity index is 1.13. The standard InChI is InChI=1S/C45H52ClN5O8/c1-28-14-16-32(27-59-37-22-30(3)50(42(52)41(37)46)36-23-31(43(53)55-7)17-15-29(36)2)33(21-28)26-47-44(54)48-39-25-38(45(4,5)6)49-51(39)34-11-10-12-35(24-34)56-19-20-58-40-13-8-9-18-57-40/h10-12,14-17,21-25,40H,8-9,13,18-20,26-27H2,1-7H3,(H2,47,48,54). The number of urea groups is 1.